The topological polar surface area (TPSA) is 62.3 Å². The highest BCUT2D eigenvalue weighted by Gasteiger charge is 2.28. The zero-order chi connectivity index (χ0) is 22.7. The zero-order valence-electron chi connectivity index (χ0n) is 18.1. The Labute approximate surface area is 194 Å². The molecule has 1 aliphatic rings. The number of anilines is 1. The zero-order valence-corrected chi connectivity index (χ0v) is 18.9. The van der Waals surface area contributed by atoms with Gasteiger partial charge < -0.3 is 4.90 Å². The molecule has 33 heavy (non-hydrogen) atoms. The number of nitrogens with one attached hydrogen (secondary N) is 1. The van der Waals surface area contributed by atoms with Crippen molar-refractivity contribution in [1.29, 1.82) is 0 Å². The van der Waals surface area contributed by atoms with Crippen LogP contribution in [-0.2, 0) is 23.0 Å². The van der Waals surface area contributed by atoms with Gasteiger partial charge in [-0.1, -0.05) is 60.7 Å². The molecule has 0 amide bonds. The number of aromatic nitrogens is 1. The van der Waals surface area contributed by atoms with Crippen molar-refractivity contribution in [3.63, 3.8) is 0 Å². The largest absolute Gasteiger partial charge is 0.365 e. The van der Waals surface area contributed by atoms with E-state index in [0.717, 1.165) is 22.4 Å². The second kappa shape index (κ2) is 9.17. The monoisotopic (exact) mass is 455 g/mol. The van der Waals surface area contributed by atoms with Gasteiger partial charge in [-0.3, -0.25) is 4.98 Å². The van der Waals surface area contributed by atoms with Crippen molar-refractivity contribution in [2.45, 2.75) is 23.9 Å². The van der Waals surface area contributed by atoms with E-state index in [2.05, 4.69) is 44.9 Å². The first-order chi connectivity index (χ1) is 16.1. The van der Waals surface area contributed by atoms with Gasteiger partial charge in [0.05, 0.1) is 4.90 Å². The summed E-state index contributed by atoms with van der Waals surface area (Å²) in [7, 11) is -3.61. The fourth-order valence-electron chi connectivity index (χ4n) is 4.38. The summed E-state index contributed by atoms with van der Waals surface area (Å²) in [5.41, 5.74) is 5.57. The van der Waals surface area contributed by atoms with E-state index >= 15 is 0 Å². The van der Waals surface area contributed by atoms with Crippen LogP contribution in [0.25, 0.3) is 11.1 Å². The number of fused-ring (bicyclic) bond motifs is 1. The van der Waals surface area contributed by atoms with Crippen molar-refractivity contribution in [1.82, 2.24) is 9.71 Å². The highest BCUT2D eigenvalue weighted by Crippen LogP contribution is 2.33. The van der Waals surface area contributed by atoms with E-state index in [-0.39, 0.29) is 10.9 Å². The molecular weight excluding hydrogens is 430 g/mol. The van der Waals surface area contributed by atoms with Gasteiger partial charge in [-0.2, -0.15) is 0 Å². The molecule has 2 heterocycles. The Balaban J connectivity index is 1.48. The van der Waals surface area contributed by atoms with Gasteiger partial charge in [0, 0.05) is 37.2 Å². The fraction of sp³-hybridized carbons (Fsp3) is 0.148. The predicted octanol–water partition coefficient (Wildman–Crippen LogP) is 4.66. The van der Waals surface area contributed by atoms with Crippen molar-refractivity contribution >= 4 is 15.7 Å². The van der Waals surface area contributed by atoms with Gasteiger partial charge in [-0.25, -0.2) is 13.1 Å². The van der Waals surface area contributed by atoms with E-state index in [1.807, 2.05) is 42.6 Å². The molecule has 6 heteroatoms. The van der Waals surface area contributed by atoms with Gasteiger partial charge in [-0.05, 0) is 59.0 Å². The molecule has 3 aromatic carbocycles. The fourth-order valence-corrected chi connectivity index (χ4v) is 5.63. The molecule has 0 radical (unpaired) electrons. The second-order valence-corrected chi connectivity index (χ2v) is 10.0. The van der Waals surface area contributed by atoms with Gasteiger partial charge in [0.2, 0.25) is 10.0 Å². The van der Waals surface area contributed by atoms with Crippen LogP contribution in [0.5, 0.6) is 0 Å². The van der Waals surface area contributed by atoms with Gasteiger partial charge in [0.25, 0.3) is 0 Å². The quantitative estimate of drug-likeness (QED) is 0.459. The molecule has 166 valence electrons. The van der Waals surface area contributed by atoms with Crippen molar-refractivity contribution < 1.29 is 8.42 Å². The lowest BCUT2D eigenvalue weighted by atomic mass is 9.94. The Hall–Kier alpha value is -3.48. The SMILES string of the molecule is O=S(=O)(NC1Cc2cc(-c3cccnc3)ccc2N(Cc2ccccc2)C1)c1ccccc1. The van der Waals surface area contributed by atoms with Crippen LogP contribution in [0, 0.1) is 0 Å². The maximum absolute atomic E-state index is 13.0. The van der Waals surface area contributed by atoms with Crippen LogP contribution in [0.3, 0.4) is 0 Å². The van der Waals surface area contributed by atoms with Crippen LogP contribution in [0.15, 0.2) is 108 Å². The number of nitrogens with zero attached hydrogens (tertiary/aromatic N) is 2. The highest BCUT2D eigenvalue weighted by atomic mass is 32.2. The molecule has 1 unspecified atom stereocenters. The Morgan fingerprint density at radius 3 is 2.36 bits per heavy atom. The Morgan fingerprint density at radius 2 is 1.64 bits per heavy atom. The summed E-state index contributed by atoms with van der Waals surface area (Å²) < 4.78 is 29.0. The van der Waals surface area contributed by atoms with Crippen molar-refractivity contribution in [3.8, 4) is 11.1 Å². The van der Waals surface area contributed by atoms with Crippen LogP contribution in [0.2, 0.25) is 0 Å². The number of hydrogen-bond acceptors (Lipinski definition) is 4. The molecule has 4 aromatic rings. The summed E-state index contributed by atoms with van der Waals surface area (Å²) >= 11 is 0. The lowest BCUT2D eigenvalue weighted by Crippen LogP contribution is -2.48. The molecular formula is C27H25N3O2S. The Morgan fingerprint density at radius 1 is 0.879 bits per heavy atom. The molecule has 0 fully saturated rings. The molecule has 5 rings (SSSR count). The summed E-state index contributed by atoms with van der Waals surface area (Å²) in [6.07, 6.45) is 4.24. The molecule has 5 nitrogen and oxygen atoms in total. The van der Waals surface area contributed by atoms with E-state index in [1.54, 1.807) is 30.5 Å². The Bertz CT molecular complexity index is 1330. The molecule has 0 bridgehead atoms. The van der Waals surface area contributed by atoms with E-state index in [1.165, 1.54) is 5.56 Å². The van der Waals surface area contributed by atoms with Crippen LogP contribution in [0.1, 0.15) is 11.1 Å². The Kier molecular flexibility index (Phi) is 5.94. The van der Waals surface area contributed by atoms with Gasteiger partial charge in [-0.15, -0.1) is 0 Å². The summed E-state index contributed by atoms with van der Waals surface area (Å²) in [5, 5.41) is 0. The maximum atomic E-state index is 13.0. The first kappa shape index (κ1) is 21.4. The second-order valence-electron chi connectivity index (χ2n) is 8.29. The third-order valence-electron chi connectivity index (χ3n) is 5.91. The lowest BCUT2D eigenvalue weighted by molar-refractivity contribution is 0.524. The van der Waals surface area contributed by atoms with E-state index in [9.17, 15) is 8.42 Å². The third-order valence-corrected chi connectivity index (χ3v) is 7.45. The summed E-state index contributed by atoms with van der Waals surface area (Å²) in [6, 6.07) is 29.0. The van der Waals surface area contributed by atoms with Gasteiger partial charge in [0.15, 0.2) is 0 Å². The van der Waals surface area contributed by atoms with Crippen molar-refractivity contribution in [2.24, 2.45) is 0 Å². The number of pyridine rings is 1. The molecule has 0 saturated carbocycles. The number of sulfonamides is 1. The molecule has 0 saturated heterocycles. The highest BCUT2D eigenvalue weighted by molar-refractivity contribution is 7.89. The van der Waals surface area contributed by atoms with Crippen LogP contribution in [-0.4, -0.2) is 26.0 Å². The van der Waals surface area contributed by atoms with Crippen molar-refractivity contribution in [2.75, 3.05) is 11.4 Å². The minimum Gasteiger partial charge on any atom is -0.365 e. The molecule has 1 N–H and O–H groups in total. The van der Waals surface area contributed by atoms with Crippen LogP contribution < -0.4 is 9.62 Å². The maximum Gasteiger partial charge on any atom is 0.240 e. The first-order valence-electron chi connectivity index (χ1n) is 11.0. The third kappa shape index (κ3) is 4.82. The lowest BCUT2D eigenvalue weighted by Gasteiger charge is -2.36. The molecule has 1 aromatic heterocycles. The summed E-state index contributed by atoms with van der Waals surface area (Å²) in [6.45, 7) is 1.31. The van der Waals surface area contributed by atoms with E-state index in [4.69, 9.17) is 0 Å². The average molecular weight is 456 g/mol. The molecule has 0 aliphatic carbocycles. The van der Waals surface area contributed by atoms with E-state index < -0.39 is 10.0 Å². The minimum absolute atomic E-state index is 0.240. The van der Waals surface area contributed by atoms with Crippen LogP contribution in [0.4, 0.5) is 5.69 Å². The molecule has 1 atom stereocenters. The first-order valence-corrected chi connectivity index (χ1v) is 12.5. The number of hydrogen-bond donors (Lipinski definition) is 1. The van der Waals surface area contributed by atoms with Crippen molar-refractivity contribution in [3.05, 3.63) is 115 Å². The van der Waals surface area contributed by atoms with Gasteiger partial charge >= 0.3 is 0 Å². The average Bonchev–Trinajstić information content (AvgIpc) is 2.85. The molecule has 0 spiro atoms. The number of benzene rings is 3. The summed E-state index contributed by atoms with van der Waals surface area (Å²) in [5.74, 6) is 0. The summed E-state index contributed by atoms with van der Waals surface area (Å²) in [4.78, 5) is 6.79. The number of rotatable bonds is 6. The van der Waals surface area contributed by atoms with E-state index in [0.29, 0.717) is 19.5 Å². The van der Waals surface area contributed by atoms with Gasteiger partial charge in [0.1, 0.15) is 0 Å². The smallest absolute Gasteiger partial charge is 0.240 e. The molecule has 1 aliphatic heterocycles. The standard InChI is InChI=1S/C27H25N3O2S/c31-33(32,26-11-5-2-6-12-26)29-25-17-24-16-22(23-10-7-15-28-18-23)13-14-27(24)30(20-25)19-21-8-3-1-4-9-21/h1-16,18,25,29H,17,19-20H2. The normalized spacial score (nSPS) is 15.8. The van der Waals surface area contributed by atoms with Crippen LogP contribution >= 0.6 is 0 Å². The predicted molar refractivity (Wildman–Crippen MR) is 131 cm³/mol. The minimum atomic E-state index is -3.61.